The Morgan fingerprint density at radius 1 is 1.26 bits per heavy atom. The van der Waals surface area contributed by atoms with Gasteiger partial charge >= 0.3 is 5.97 Å². The smallest absolute Gasteiger partial charge is 0.339 e. The third-order valence-electron chi connectivity index (χ3n) is 4.30. The number of benzene rings is 1. The third kappa shape index (κ3) is 3.84. The second kappa shape index (κ2) is 8.03. The first-order chi connectivity index (χ1) is 13.0. The predicted molar refractivity (Wildman–Crippen MR) is 96.6 cm³/mol. The first-order valence-corrected chi connectivity index (χ1v) is 8.65. The number of aryl methyl sites for hydroxylation is 1. The van der Waals surface area contributed by atoms with Gasteiger partial charge < -0.3 is 29.2 Å². The summed E-state index contributed by atoms with van der Waals surface area (Å²) in [6.07, 6.45) is 0.589. The van der Waals surface area contributed by atoms with E-state index in [1.807, 2.05) is 6.92 Å². The molecule has 1 aromatic heterocycles. The SMILES string of the molecule is CCc1[nH]c(C(=O)NCCOc2ccc3c(c2)OCO3)c(C)c1C(=O)OC. The van der Waals surface area contributed by atoms with Gasteiger partial charge in [0.2, 0.25) is 6.79 Å². The van der Waals surface area contributed by atoms with E-state index < -0.39 is 5.97 Å². The maximum absolute atomic E-state index is 12.4. The van der Waals surface area contributed by atoms with Crippen molar-refractivity contribution in [3.05, 3.63) is 40.7 Å². The zero-order chi connectivity index (χ0) is 19.4. The number of carbonyl (C=O) groups is 2. The Labute approximate surface area is 156 Å². The molecule has 0 aliphatic carbocycles. The summed E-state index contributed by atoms with van der Waals surface area (Å²) in [6.45, 7) is 4.42. The summed E-state index contributed by atoms with van der Waals surface area (Å²) >= 11 is 0. The highest BCUT2D eigenvalue weighted by atomic mass is 16.7. The molecule has 1 aliphatic heterocycles. The number of esters is 1. The van der Waals surface area contributed by atoms with E-state index in [1.165, 1.54) is 7.11 Å². The van der Waals surface area contributed by atoms with Crippen LogP contribution in [0.5, 0.6) is 17.2 Å². The summed E-state index contributed by atoms with van der Waals surface area (Å²) in [5.74, 6) is 1.20. The highest BCUT2D eigenvalue weighted by Crippen LogP contribution is 2.35. The Kier molecular flexibility index (Phi) is 5.54. The molecular formula is C19H22N2O6. The number of carbonyl (C=O) groups excluding carboxylic acids is 2. The second-order valence-corrected chi connectivity index (χ2v) is 5.94. The number of amides is 1. The molecule has 2 heterocycles. The first kappa shape index (κ1) is 18.6. The number of hydrogen-bond acceptors (Lipinski definition) is 6. The summed E-state index contributed by atoms with van der Waals surface area (Å²) in [5, 5.41) is 2.78. The molecule has 2 N–H and O–H groups in total. The van der Waals surface area contributed by atoms with Crippen LogP contribution in [0.1, 0.15) is 39.0 Å². The fourth-order valence-corrected chi connectivity index (χ4v) is 2.92. The van der Waals surface area contributed by atoms with E-state index >= 15 is 0 Å². The molecule has 144 valence electrons. The number of rotatable bonds is 7. The van der Waals surface area contributed by atoms with Crippen LogP contribution in [0.3, 0.4) is 0 Å². The molecular weight excluding hydrogens is 352 g/mol. The van der Waals surface area contributed by atoms with Crippen molar-refractivity contribution in [1.82, 2.24) is 10.3 Å². The summed E-state index contributed by atoms with van der Waals surface area (Å²) in [7, 11) is 1.32. The standard InChI is InChI=1S/C19H22N2O6/c1-4-13-16(19(23)24-3)11(2)17(21-13)18(22)20-7-8-25-12-5-6-14-15(9-12)27-10-26-14/h5-6,9,21H,4,7-8,10H2,1-3H3,(H,20,22). The number of nitrogens with one attached hydrogen (secondary N) is 2. The van der Waals surface area contributed by atoms with Crippen LogP contribution < -0.4 is 19.5 Å². The van der Waals surface area contributed by atoms with Crippen molar-refractivity contribution in [3.63, 3.8) is 0 Å². The minimum Gasteiger partial charge on any atom is -0.492 e. The average molecular weight is 374 g/mol. The predicted octanol–water partition coefficient (Wildman–Crippen LogP) is 2.21. The Bertz CT molecular complexity index is 858. The third-order valence-corrected chi connectivity index (χ3v) is 4.30. The van der Waals surface area contributed by atoms with Gasteiger partial charge in [0.1, 0.15) is 18.1 Å². The molecule has 8 nitrogen and oxygen atoms in total. The summed E-state index contributed by atoms with van der Waals surface area (Å²) < 4.78 is 21.0. The molecule has 1 aromatic carbocycles. The van der Waals surface area contributed by atoms with Gasteiger partial charge in [-0.3, -0.25) is 4.79 Å². The lowest BCUT2D eigenvalue weighted by molar-refractivity contribution is 0.0599. The lowest BCUT2D eigenvalue weighted by Crippen LogP contribution is -2.29. The van der Waals surface area contributed by atoms with Crippen molar-refractivity contribution in [2.45, 2.75) is 20.3 Å². The van der Waals surface area contributed by atoms with Gasteiger partial charge in [0.15, 0.2) is 11.5 Å². The lowest BCUT2D eigenvalue weighted by atomic mass is 10.1. The van der Waals surface area contributed by atoms with Crippen LogP contribution in [0.15, 0.2) is 18.2 Å². The van der Waals surface area contributed by atoms with E-state index in [9.17, 15) is 9.59 Å². The molecule has 1 amide bonds. The molecule has 0 radical (unpaired) electrons. The van der Waals surface area contributed by atoms with Crippen LogP contribution in [0.4, 0.5) is 0 Å². The first-order valence-electron chi connectivity index (χ1n) is 8.65. The van der Waals surface area contributed by atoms with Crippen molar-refractivity contribution in [3.8, 4) is 17.2 Å². The normalized spacial score (nSPS) is 12.0. The molecule has 0 fully saturated rings. The molecule has 27 heavy (non-hydrogen) atoms. The average Bonchev–Trinajstić information content (AvgIpc) is 3.27. The Hall–Kier alpha value is -3.16. The van der Waals surface area contributed by atoms with Crippen LogP contribution in [0.25, 0.3) is 0 Å². The summed E-state index contributed by atoms with van der Waals surface area (Å²) in [6, 6.07) is 5.30. The van der Waals surface area contributed by atoms with Crippen LogP contribution in [-0.4, -0.2) is 43.9 Å². The van der Waals surface area contributed by atoms with Crippen molar-refractivity contribution in [2.24, 2.45) is 0 Å². The van der Waals surface area contributed by atoms with Gasteiger partial charge in [-0.2, -0.15) is 0 Å². The van der Waals surface area contributed by atoms with Crippen molar-refractivity contribution >= 4 is 11.9 Å². The molecule has 8 heteroatoms. The van der Waals surface area contributed by atoms with Gasteiger partial charge in [-0.05, 0) is 31.0 Å². The van der Waals surface area contributed by atoms with E-state index in [2.05, 4.69) is 10.3 Å². The lowest BCUT2D eigenvalue weighted by Gasteiger charge is -2.08. The minimum absolute atomic E-state index is 0.206. The number of methoxy groups -OCH3 is 1. The summed E-state index contributed by atoms with van der Waals surface area (Å²) in [4.78, 5) is 27.4. The molecule has 0 atom stereocenters. The molecule has 0 spiro atoms. The maximum atomic E-state index is 12.4. The minimum atomic E-state index is -0.453. The van der Waals surface area contributed by atoms with Crippen molar-refractivity contribution in [1.29, 1.82) is 0 Å². The molecule has 0 bridgehead atoms. The molecule has 3 rings (SSSR count). The molecule has 0 unspecified atom stereocenters. The van der Waals surface area contributed by atoms with Crippen LogP contribution in [-0.2, 0) is 11.2 Å². The quantitative estimate of drug-likeness (QED) is 0.569. The number of aromatic amines is 1. The Morgan fingerprint density at radius 3 is 2.78 bits per heavy atom. The van der Waals surface area contributed by atoms with E-state index in [1.54, 1.807) is 25.1 Å². The van der Waals surface area contributed by atoms with Crippen LogP contribution in [0.2, 0.25) is 0 Å². The highest BCUT2D eigenvalue weighted by Gasteiger charge is 2.23. The highest BCUT2D eigenvalue weighted by molar-refractivity contribution is 6.00. The van der Waals surface area contributed by atoms with E-state index in [0.29, 0.717) is 52.7 Å². The number of aromatic nitrogens is 1. The Morgan fingerprint density at radius 2 is 2.04 bits per heavy atom. The largest absolute Gasteiger partial charge is 0.492 e. The van der Waals surface area contributed by atoms with E-state index in [0.717, 1.165) is 0 Å². The van der Waals surface area contributed by atoms with Gasteiger partial charge in [-0.15, -0.1) is 0 Å². The van der Waals surface area contributed by atoms with Gasteiger partial charge in [0.05, 0.1) is 19.2 Å². The fraction of sp³-hybridized carbons (Fsp3) is 0.368. The van der Waals surface area contributed by atoms with Crippen LogP contribution in [0, 0.1) is 6.92 Å². The summed E-state index contributed by atoms with van der Waals surface area (Å²) in [5.41, 5.74) is 2.03. The van der Waals surface area contributed by atoms with Gasteiger partial charge in [-0.25, -0.2) is 4.79 Å². The van der Waals surface area contributed by atoms with Gasteiger partial charge in [0, 0.05) is 11.8 Å². The van der Waals surface area contributed by atoms with Crippen LogP contribution >= 0.6 is 0 Å². The Balaban J connectivity index is 1.56. The number of H-pyrrole nitrogens is 1. The van der Waals surface area contributed by atoms with Crippen molar-refractivity contribution < 1.29 is 28.5 Å². The molecule has 0 saturated carbocycles. The van der Waals surface area contributed by atoms with Crippen molar-refractivity contribution in [2.75, 3.05) is 27.1 Å². The van der Waals surface area contributed by atoms with E-state index in [4.69, 9.17) is 18.9 Å². The number of hydrogen-bond donors (Lipinski definition) is 2. The topological polar surface area (TPSA) is 98.9 Å². The zero-order valence-corrected chi connectivity index (χ0v) is 15.5. The zero-order valence-electron chi connectivity index (χ0n) is 15.5. The van der Waals surface area contributed by atoms with E-state index in [-0.39, 0.29) is 19.3 Å². The fourth-order valence-electron chi connectivity index (χ4n) is 2.92. The monoisotopic (exact) mass is 374 g/mol. The molecule has 1 aliphatic rings. The number of ether oxygens (including phenoxy) is 4. The van der Waals surface area contributed by atoms with Gasteiger partial charge in [-0.1, -0.05) is 6.92 Å². The number of fused-ring (bicyclic) bond motifs is 1. The second-order valence-electron chi connectivity index (χ2n) is 5.94. The maximum Gasteiger partial charge on any atom is 0.339 e. The van der Waals surface area contributed by atoms with Gasteiger partial charge in [0.25, 0.3) is 5.91 Å². The molecule has 2 aromatic rings. The molecule has 0 saturated heterocycles.